The van der Waals surface area contributed by atoms with Crippen LogP contribution in [0.4, 0.5) is 5.69 Å². The van der Waals surface area contributed by atoms with Gasteiger partial charge in [0.05, 0.1) is 0 Å². The zero-order valence-corrected chi connectivity index (χ0v) is 17.7. The van der Waals surface area contributed by atoms with Crippen molar-refractivity contribution < 1.29 is 4.79 Å². The Balaban J connectivity index is 2.01. The molecule has 1 aromatic heterocycles. The lowest BCUT2D eigenvalue weighted by Crippen LogP contribution is -2.34. The highest BCUT2D eigenvalue weighted by molar-refractivity contribution is 6.18. The third-order valence-electron chi connectivity index (χ3n) is 4.90. The minimum Gasteiger partial charge on any atom is -0.378 e. The monoisotopic (exact) mass is 401 g/mol. The summed E-state index contributed by atoms with van der Waals surface area (Å²) in [6.45, 7) is 2.96. The first kappa shape index (κ1) is 21.1. The Bertz CT molecular complexity index is 1070. The summed E-state index contributed by atoms with van der Waals surface area (Å²) in [6.07, 6.45) is 3.41. The molecule has 0 aliphatic rings. The maximum absolute atomic E-state index is 13.5. The van der Waals surface area contributed by atoms with E-state index in [0.29, 0.717) is 18.8 Å². The van der Waals surface area contributed by atoms with E-state index in [1.165, 1.54) is 10.6 Å². The number of hydrogen-bond acceptors (Lipinski definition) is 3. The van der Waals surface area contributed by atoms with Crippen LogP contribution in [0.15, 0.2) is 83.8 Å². The van der Waals surface area contributed by atoms with Gasteiger partial charge in [0.2, 0.25) is 0 Å². The molecular formula is C25H27N3O2. The molecule has 0 bridgehead atoms. The van der Waals surface area contributed by atoms with Crippen molar-refractivity contribution in [3.8, 4) is 0 Å². The molecule has 0 radical (unpaired) electrons. The number of carbonyl (C=O) groups excluding carboxylic acids is 1. The second kappa shape index (κ2) is 9.74. The van der Waals surface area contributed by atoms with Gasteiger partial charge in [-0.1, -0.05) is 48.5 Å². The minimum atomic E-state index is -0.238. The molecule has 0 spiro atoms. The maximum atomic E-state index is 13.5. The predicted molar refractivity (Wildman–Crippen MR) is 123 cm³/mol. The fraction of sp³-hybridized carbons (Fsp3) is 0.200. The first-order valence-electron chi connectivity index (χ1n) is 10.00. The Morgan fingerprint density at radius 1 is 0.933 bits per heavy atom. The van der Waals surface area contributed by atoms with Gasteiger partial charge in [-0.3, -0.25) is 14.2 Å². The number of anilines is 1. The summed E-state index contributed by atoms with van der Waals surface area (Å²) in [7, 11) is 3.96. The van der Waals surface area contributed by atoms with E-state index in [0.717, 1.165) is 16.8 Å². The molecule has 30 heavy (non-hydrogen) atoms. The van der Waals surface area contributed by atoms with Crippen molar-refractivity contribution in [1.82, 2.24) is 9.47 Å². The molecule has 0 saturated carbocycles. The van der Waals surface area contributed by atoms with E-state index < -0.39 is 0 Å². The lowest BCUT2D eigenvalue weighted by molar-refractivity contribution is -0.125. The van der Waals surface area contributed by atoms with Gasteiger partial charge in [0.1, 0.15) is 5.70 Å². The van der Waals surface area contributed by atoms with E-state index in [2.05, 4.69) is 0 Å². The molecule has 0 N–H and O–H groups in total. The van der Waals surface area contributed by atoms with Crippen LogP contribution in [0.5, 0.6) is 0 Å². The average molecular weight is 402 g/mol. The molecule has 5 nitrogen and oxygen atoms in total. The second-order valence-electron chi connectivity index (χ2n) is 7.23. The Kier molecular flexibility index (Phi) is 6.86. The van der Waals surface area contributed by atoms with Crippen LogP contribution in [-0.4, -0.2) is 36.0 Å². The van der Waals surface area contributed by atoms with Gasteiger partial charge >= 0.3 is 0 Å². The highest BCUT2D eigenvalue weighted by atomic mass is 16.2. The molecule has 1 heterocycles. The second-order valence-corrected chi connectivity index (χ2v) is 7.23. The Hall–Kier alpha value is -3.60. The van der Waals surface area contributed by atoms with Crippen LogP contribution in [0, 0.1) is 0 Å². The lowest BCUT2D eigenvalue weighted by Gasteiger charge is -2.23. The molecule has 0 aliphatic heterocycles. The van der Waals surface area contributed by atoms with Crippen molar-refractivity contribution >= 4 is 23.4 Å². The smallest absolute Gasteiger partial charge is 0.271 e. The Labute approximate surface area is 177 Å². The number of aromatic nitrogens is 1. The van der Waals surface area contributed by atoms with Gasteiger partial charge in [-0.25, -0.2) is 0 Å². The normalized spacial score (nSPS) is 11.2. The van der Waals surface area contributed by atoms with E-state index in [-0.39, 0.29) is 11.5 Å². The summed E-state index contributed by atoms with van der Waals surface area (Å²) in [5, 5.41) is 0. The van der Waals surface area contributed by atoms with Gasteiger partial charge in [-0.05, 0) is 42.3 Å². The van der Waals surface area contributed by atoms with Gasteiger partial charge in [0, 0.05) is 45.1 Å². The first-order chi connectivity index (χ1) is 14.5. The molecule has 0 aliphatic carbocycles. The summed E-state index contributed by atoms with van der Waals surface area (Å²) < 4.78 is 1.41. The molecule has 1 amide bonds. The van der Waals surface area contributed by atoms with E-state index in [4.69, 9.17) is 0 Å². The van der Waals surface area contributed by atoms with E-state index in [9.17, 15) is 9.59 Å². The first-order valence-corrected chi connectivity index (χ1v) is 10.00. The zero-order valence-electron chi connectivity index (χ0n) is 17.7. The van der Waals surface area contributed by atoms with Crippen molar-refractivity contribution in [1.29, 1.82) is 0 Å². The number of carbonyl (C=O) groups is 1. The number of benzene rings is 2. The van der Waals surface area contributed by atoms with Gasteiger partial charge in [-0.2, -0.15) is 0 Å². The molecular weight excluding hydrogens is 374 g/mol. The van der Waals surface area contributed by atoms with Crippen molar-refractivity contribution in [2.24, 2.45) is 0 Å². The number of pyridine rings is 1. The molecule has 2 aromatic carbocycles. The van der Waals surface area contributed by atoms with Gasteiger partial charge < -0.3 is 9.80 Å². The number of nitrogens with zero attached hydrogens (tertiary/aromatic N) is 3. The zero-order chi connectivity index (χ0) is 21.5. The standard InChI is InChI=1S/C25H27N3O2/c1-4-27(19-21-10-6-5-7-11-21)25(30)23(28-17-9-8-12-24(28)29)18-20-13-15-22(16-14-20)26(2)3/h5-18H,4,19H2,1-3H3. The number of amides is 1. The van der Waals surface area contributed by atoms with Crippen molar-refractivity contribution in [2.45, 2.75) is 13.5 Å². The molecule has 0 fully saturated rings. The highest BCUT2D eigenvalue weighted by Crippen LogP contribution is 2.18. The van der Waals surface area contributed by atoms with Crippen LogP contribution in [0.3, 0.4) is 0 Å². The Morgan fingerprint density at radius 2 is 1.60 bits per heavy atom. The van der Waals surface area contributed by atoms with Crippen LogP contribution in [-0.2, 0) is 11.3 Å². The summed E-state index contributed by atoms with van der Waals surface area (Å²) >= 11 is 0. The largest absolute Gasteiger partial charge is 0.378 e. The third-order valence-corrected chi connectivity index (χ3v) is 4.90. The fourth-order valence-corrected chi connectivity index (χ4v) is 3.18. The number of likely N-dealkylation sites (N-methyl/N-ethyl adjacent to an activating group) is 1. The van der Waals surface area contributed by atoms with Gasteiger partial charge in [0.15, 0.2) is 0 Å². The quantitative estimate of drug-likeness (QED) is 0.563. The summed E-state index contributed by atoms with van der Waals surface area (Å²) in [6, 6.07) is 22.6. The topological polar surface area (TPSA) is 45.6 Å². The number of rotatable bonds is 7. The highest BCUT2D eigenvalue weighted by Gasteiger charge is 2.20. The third kappa shape index (κ3) is 5.06. The van der Waals surface area contributed by atoms with Gasteiger partial charge in [-0.15, -0.1) is 0 Å². The van der Waals surface area contributed by atoms with Crippen LogP contribution < -0.4 is 10.5 Å². The molecule has 0 atom stereocenters. The molecule has 0 unspecified atom stereocenters. The van der Waals surface area contributed by atoms with E-state index in [1.807, 2.05) is 80.5 Å². The van der Waals surface area contributed by atoms with Crippen molar-refractivity contribution in [2.75, 3.05) is 25.5 Å². The maximum Gasteiger partial charge on any atom is 0.271 e. The van der Waals surface area contributed by atoms with Crippen LogP contribution in [0.2, 0.25) is 0 Å². The van der Waals surface area contributed by atoms with Crippen LogP contribution in [0.1, 0.15) is 18.1 Å². The average Bonchev–Trinajstić information content (AvgIpc) is 2.77. The molecule has 0 saturated heterocycles. The van der Waals surface area contributed by atoms with Crippen molar-refractivity contribution in [3.63, 3.8) is 0 Å². The molecule has 3 rings (SSSR count). The van der Waals surface area contributed by atoms with Crippen molar-refractivity contribution in [3.05, 3.63) is 100 Å². The molecule has 154 valence electrons. The minimum absolute atomic E-state index is 0.189. The van der Waals surface area contributed by atoms with E-state index >= 15 is 0 Å². The van der Waals surface area contributed by atoms with Crippen LogP contribution >= 0.6 is 0 Å². The molecule has 3 aromatic rings. The summed E-state index contributed by atoms with van der Waals surface area (Å²) in [5.74, 6) is -0.189. The SMILES string of the molecule is CCN(Cc1ccccc1)C(=O)C(=Cc1ccc(N(C)C)cc1)n1ccccc1=O. The summed E-state index contributed by atoms with van der Waals surface area (Å²) in [5.41, 5.74) is 3.06. The van der Waals surface area contributed by atoms with E-state index in [1.54, 1.807) is 29.3 Å². The summed E-state index contributed by atoms with van der Waals surface area (Å²) in [4.78, 5) is 29.8. The fourth-order valence-electron chi connectivity index (χ4n) is 3.18. The number of hydrogen-bond donors (Lipinski definition) is 0. The van der Waals surface area contributed by atoms with Gasteiger partial charge in [0.25, 0.3) is 11.5 Å². The molecule has 5 heteroatoms. The Morgan fingerprint density at radius 3 is 2.20 bits per heavy atom. The predicted octanol–water partition coefficient (Wildman–Crippen LogP) is 3.96. The lowest BCUT2D eigenvalue weighted by atomic mass is 10.1. The van der Waals surface area contributed by atoms with Crippen LogP contribution in [0.25, 0.3) is 11.8 Å².